The number of rotatable bonds is 8. The van der Waals surface area contributed by atoms with E-state index in [1.807, 2.05) is 6.07 Å². The Morgan fingerprint density at radius 2 is 2.15 bits per heavy atom. The van der Waals surface area contributed by atoms with Crippen molar-refractivity contribution < 1.29 is 19.1 Å². The minimum Gasteiger partial charge on any atom is -0.462 e. The summed E-state index contributed by atoms with van der Waals surface area (Å²) in [6.45, 7) is 4.05. The topological polar surface area (TPSA) is 130 Å². The molecule has 2 rings (SSSR count). The fraction of sp³-hybridized carbons (Fsp3) is 0.375. The number of nitrogens with two attached hydrogens (primary N) is 1. The van der Waals surface area contributed by atoms with Gasteiger partial charge in [0, 0.05) is 18.4 Å². The molecule has 0 spiro atoms. The molecule has 0 aliphatic carbocycles. The molecule has 26 heavy (non-hydrogen) atoms. The second kappa shape index (κ2) is 8.59. The van der Waals surface area contributed by atoms with E-state index in [0.717, 1.165) is 17.0 Å². The second-order valence-electron chi connectivity index (χ2n) is 5.65. The summed E-state index contributed by atoms with van der Waals surface area (Å²) in [7, 11) is 1.78. The van der Waals surface area contributed by atoms with E-state index in [9.17, 15) is 14.4 Å². The third kappa shape index (κ3) is 4.67. The Kier molecular flexibility index (Phi) is 6.47. The largest absolute Gasteiger partial charge is 0.462 e. The zero-order chi connectivity index (χ0) is 19.3. The number of nitrogens with one attached hydrogen (secondary N) is 2. The van der Waals surface area contributed by atoms with Gasteiger partial charge in [0.2, 0.25) is 5.91 Å². The van der Waals surface area contributed by atoms with Crippen LogP contribution >= 0.6 is 11.3 Å². The summed E-state index contributed by atoms with van der Waals surface area (Å²) in [5.74, 6) is -1.58. The minimum absolute atomic E-state index is 0.0874. The molecule has 0 aliphatic heterocycles. The van der Waals surface area contributed by atoms with E-state index in [0.29, 0.717) is 12.1 Å². The number of primary amides is 1. The van der Waals surface area contributed by atoms with Gasteiger partial charge >= 0.3 is 5.97 Å². The Bertz CT molecular complexity index is 800. The Labute approximate surface area is 154 Å². The summed E-state index contributed by atoms with van der Waals surface area (Å²) in [4.78, 5) is 38.1. The van der Waals surface area contributed by atoms with Crippen molar-refractivity contribution in [2.75, 3.05) is 25.5 Å². The number of hydrogen-bond donors (Lipinski definition) is 3. The van der Waals surface area contributed by atoms with Crippen LogP contribution in [0.4, 0.5) is 5.00 Å². The standard InChI is InChI=1S/C16H21N5O4S/c1-4-25-16(24)12-9(2)13(14(17)23)26-15(12)19-11(22)8-21(3)7-10-5-6-18-20-10/h5-6H,4,7-8H2,1-3H3,(H2,17,23)(H,18,20)(H,19,22). The predicted octanol–water partition coefficient (Wildman–Crippen LogP) is 1.13. The molecular formula is C16H21N5O4S. The lowest BCUT2D eigenvalue weighted by molar-refractivity contribution is -0.117. The van der Waals surface area contributed by atoms with Gasteiger partial charge in [-0.25, -0.2) is 4.79 Å². The molecule has 140 valence electrons. The molecule has 4 N–H and O–H groups in total. The number of likely N-dealkylation sites (N-methyl/N-ethyl adjacent to an activating group) is 1. The average molecular weight is 379 g/mol. The first kappa shape index (κ1) is 19.6. The Morgan fingerprint density at radius 1 is 1.42 bits per heavy atom. The van der Waals surface area contributed by atoms with Gasteiger partial charge in [-0.1, -0.05) is 0 Å². The number of aromatic nitrogens is 2. The highest BCUT2D eigenvalue weighted by Gasteiger charge is 2.25. The third-order valence-electron chi connectivity index (χ3n) is 3.52. The molecule has 0 atom stereocenters. The number of carbonyl (C=O) groups is 3. The van der Waals surface area contributed by atoms with Crippen molar-refractivity contribution >= 4 is 34.1 Å². The monoisotopic (exact) mass is 379 g/mol. The fourth-order valence-corrected chi connectivity index (χ4v) is 3.48. The van der Waals surface area contributed by atoms with Gasteiger partial charge in [-0.2, -0.15) is 5.10 Å². The molecule has 0 aliphatic rings. The van der Waals surface area contributed by atoms with Crippen molar-refractivity contribution in [1.29, 1.82) is 0 Å². The molecule has 0 aromatic carbocycles. The molecule has 0 radical (unpaired) electrons. The molecule has 2 amide bonds. The molecule has 0 saturated carbocycles. The number of ether oxygens (including phenoxy) is 1. The zero-order valence-electron chi connectivity index (χ0n) is 14.8. The highest BCUT2D eigenvalue weighted by atomic mass is 32.1. The SMILES string of the molecule is CCOC(=O)c1c(NC(=O)CN(C)Cc2ccn[nH]2)sc(C(N)=O)c1C. The first-order valence-electron chi connectivity index (χ1n) is 7.90. The maximum atomic E-state index is 12.3. The molecule has 0 bridgehead atoms. The van der Waals surface area contributed by atoms with Gasteiger partial charge in [0.1, 0.15) is 5.00 Å². The number of nitrogens with zero attached hydrogens (tertiary/aromatic N) is 2. The number of anilines is 1. The summed E-state index contributed by atoms with van der Waals surface area (Å²) >= 11 is 0.967. The van der Waals surface area contributed by atoms with Crippen LogP contribution in [0.15, 0.2) is 12.3 Å². The van der Waals surface area contributed by atoms with E-state index in [2.05, 4.69) is 15.5 Å². The van der Waals surface area contributed by atoms with Crippen LogP contribution in [-0.2, 0) is 16.1 Å². The van der Waals surface area contributed by atoms with E-state index in [1.54, 1.807) is 32.0 Å². The quantitative estimate of drug-likeness (QED) is 0.589. The van der Waals surface area contributed by atoms with Crippen LogP contribution in [-0.4, -0.2) is 53.1 Å². The smallest absolute Gasteiger partial charge is 0.341 e. The number of H-pyrrole nitrogens is 1. The van der Waals surface area contributed by atoms with Crippen molar-refractivity contribution in [3.63, 3.8) is 0 Å². The maximum absolute atomic E-state index is 12.3. The van der Waals surface area contributed by atoms with Crippen LogP contribution in [0, 0.1) is 6.92 Å². The van der Waals surface area contributed by atoms with Crippen molar-refractivity contribution in [3.05, 3.63) is 34.0 Å². The van der Waals surface area contributed by atoms with Gasteiger partial charge < -0.3 is 15.8 Å². The number of esters is 1. The van der Waals surface area contributed by atoms with Crippen LogP contribution in [0.5, 0.6) is 0 Å². The Balaban J connectivity index is 2.13. The number of amides is 2. The van der Waals surface area contributed by atoms with Gasteiger partial charge in [0.05, 0.1) is 23.6 Å². The van der Waals surface area contributed by atoms with E-state index in [1.165, 1.54) is 0 Å². The Morgan fingerprint density at radius 3 is 2.73 bits per heavy atom. The van der Waals surface area contributed by atoms with Crippen molar-refractivity contribution in [1.82, 2.24) is 15.1 Å². The number of carbonyl (C=O) groups excluding carboxylic acids is 3. The van der Waals surface area contributed by atoms with E-state index in [4.69, 9.17) is 10.5 Å². The lowest BCUT2D eigenvalue weighted by Crippen LogP contribution is -2.30. The summed E-state index contributed by atoms with van der Waals surface area (Å²) < 4.78 is 5.02. The van der Waals surface area contributed by atoms with Crippen LogP contribution in [0.3, 0.4) is 0 Å². The normalized spacial score (nSPS) is 10.8. The molecule has 0 fully saturated rings. The summed E-state index contributed by atoms with van der Waals surface area (Å²) in [6.07, 6.45) is 1.63. The first-order valence-corrected chi connectivity index (χ1v) is 8.72. The van der Waals surface area contributed by atoms with Crippen molar-refractivity contribution in [2.45, 2.75) is 20.4 Å². The average Bonchev–Trinajstić information content (AvgIpc) is 3.15. The fourth-order valence-electron chi connectivity index (χ4n) is 2.42. The molecule has 2 aromatic rings. The Hall–Kier alpha value is -2.72. The van der Waals surface area contributed by atoms with E-state index in [-0.39, 0.29) is 34.5 Å². The van der Waals surface area contributed by atoms with Crippen molar-refractivity contribution in [2.24, 2.45) is 5.73 Å². The van der Waals surface area contributed by atoms with Crippen LogP contribution in [0.2, 0.25) is 0 Å². The van der Waals surface area contributed by atoms with Gasteiger partial charge in [0.25, 0.3) is 5.91 Å². The first-order chi connectivity index (χ1) is 12.3. The van der Waals surface area contributed by atoms with Gasteiger partial charge in [-0.3, -0.25) is 19.6 Å². The molecule has 0 saturated heterocycles. The highest BCUT2D eigenvalue weighted by molar-refractivity contribution is 7.18. The van der Waals surface area contributed by atoms with Crippen LogP contribution < -0.4 is 11.1 Å². The lowest BCUT2D eigenvalue weighted by Gasteiger charge is -2.15. The molecule has 2 heterocycles. The van der Waals surface area contributed by atoms with Crippen molar-refractivity contribution in [3.8, 4) is 0 Å². The number of aromatic amines is 1. The summed E-state index contributed by atoms with van der Waals surface area (Å²) in [5, 5.41) is 9.61. The summed E-state index contributed by atoms with van der Waals surface area (Å²) in [5.41, 5.74) is 6.78. The third-order valence-corrected chi connectivity index (χ3v) is 4.74. The molecule has 2 aromatic heterocycles. The molecule has 10 heteroatoms. The number of thiophene rings is 1. The second-order valence-corrected chi connectivity index (χ2v) is 6.67. The molecular weight excluding hydrogens is 358 g/mol. The number of hydrogen-bond acceptors (Lipinski definition) is 7. The molecule has 9 nitrogen and oxygen atoms in total. The highest BCUT2D eigenvalue weighted by Crippen LogP contribution is 2.33. The predicted molar refractivity (Wildman–Crippen MR) is 97.1 cm³/mol. The minimum atomic E-state index is -0.657. The zero-order valence-corrected chi connectivity index (χ0v) is 15.6. The van der Waals surface area contributed by atoms with E-state index < -0.39 is 11.9 Å². The van der Waals surface area contributed by atoms with Gasteiger partial charge in [-0.15, -0.1) is 11.3 Å². The summed E-state index contributed by atoms with van der Waals surface area (Å²) in [6, 6.07) is 1.81. The maximum Gasteiger partial charge on any atom is 0.341 e. The molecule has 0 unspecified atom stereocenters. The van der Waals surface area contributed by atoms with Gasteiger partial charge in [0.15, 0.2) is 0 Å². The van der Waals surface area contributed by atoms with Crippen LogP contribution in [0.1, 0.15) is 38.2 Å². The lowest BCUT2D eigenvalue weighted by atomic mass is 10.1. The van der Waals surface area contributed by atoms with Crippen LogP contribution in [0.25, 0.3) is 0 Å². The van der Waals surface area contributed by atoms with E-state index >= 15 is 0 Å². The van der Waals surface area contributed by atoms with Gasteiger partial charge in [-0.05, 0) is 32.5 Å².